The standard InChI is InChI=1S/C32H52O8/c33-29-21-22-31(35)39-27-19-15-11-7-3-4-8-12-16-20-28-40-32(36)24-23-30(34)38-26-18-14-10-6-2-1-5-9-13-17-25-37-29/h21-24H,1-20,25-28H2. The molecule has 8 nitrogen and oxygen atoms in total. The molecule has 0 aromatic carbocycles. The van der Waals surface area contributed by atoms with E-state index in [4.69, 9.17) is 18.9 Å². The number of carbonyl (C=O) groups excluding carboxylic acids is 4. The van der Waals surface area contributed by atoms with Crippen molar-refractivity contribution in [3.63, 3.8) is 0 Å². The molecule has 0 saturated heterocycles. The minimum Gasteiger partial charge on any atom is -0.463 e. The van der Waals surface area contributed by atoms with Gasteiger partial charge in [-0.15, -0.1) is 0 Å². The van der Waals surface area contributed by atoms with Gasteiger partial charge < -0.3 is 18.9 Å². The highest BCUT2D eigenvalue weighted by Gasteiger charge is 2.03. The molecule has 0 amide bonds. The van der Waals surface area contributed by atoms with Gasteiger partial charge in [0.15, 0.2) is 0 Å². The van der Waals surface area contributed by atoms with E-state index in [1.54, 1.807) is 0 Å². The van der Waals surface area contributed by atoms with Gasteiger partial charge in [0.1, 0.15) is 0 Å². The summed E-state index contributed by atoms with van der Waals surface area (Å²) >= 11 is 0. The second-order valence-electron chi connectivity index (χ2n) is 10.4. The van der Waals surface area contributed by atoms with Crippen LogP contribution >= 0.6 is 0 Å². The zero-order chi connectivity index (χ0) is 28.9. The summed E-state index contributed by atoms with van der Waals surface area (Å²) in [6, 6.07) is 0. The maximum atomic E-state index is 11.7. The van der Waals surface area contributed by atoms with Crippen LogP contribution < -0.4 is 0 Å². The molecule has 1 heterocycles. The molecule has 1 aliphatic rings. The molecule has 0 aromatic rings. The van der Waals surface area contributed by atoms with Gasteiger partial charge in [-0.1, -0.05) is 103 Å². The van der Waals surface area contributed by atoms with Crippen molar-refractivity contribution < 1.29 is 38.1 Å². The van der Waals surface area contributed by atoms with Crippen LogP contribution in [0.2, 0.25) is 0 Å². The molecular formula is C32H52O8. The molecule has 0 unspecified atom stereocenters. The Morgan fingerprint density at radius 1 is 0.275 bits per heavy atom. The van der Waals surface area contributed by atoms with Crippen LogP contribution in [0, 0.1) is 0 Å². The van der Waals surface area contributed by atoms with Crippen LogP contribution in [-0.2, 0) is 38.1 Å². The first kappa shape index (κ1) is 35.4. The fourth-order valence-electron chi connectivity index (χ4n) is 4.39. The first-order valence-corrected chi connectivity index (χ1v) is 15.6. The zero-order valence-corrected chi connectivity index (χ0v) is 24.5. The molecule has 0 saturated carbocycles. The number of esters is 4. The Hall–Kier alpha value is -2.64. The number of hydrogen-bond acceptors (Lipinski definition) is 8. The van der Waals surface area contributed by atoms with E-state index >= 15 is 0 Å². The smallest absolute Gasteiger partial charge is 0.331 e. The predicted molar refractivity (Wildman–Crippen MR) is 154 cm³/mol. The van der Waals surface area contributed by atoms with Crippen molar-refractivity contribution in [1.82, 2.24) is 0 Å². The maximum absolute atomic E-state index is 11.7. The lowest BCUT2D eigenvalue weighted by Gasteiger charge is -2.05. The predicted octanol–water partition coefficient (Wildman–Crippen LogP) is 7.09. The molecule has 8 heteroatoms. The third-order valence-electron chi connectivity index (χ3n) is 6.77. The summed E-state index contributed by atoms with van der Waals surface area (Å²) in [7, 11) is 0. The Morgan fingerprint density at radius 3 is 0.600 bits per heavy atom. The van der Waals surface area contributed by atoms with Crippen molar-refractivity contribution in [3.8, 4) is 0 Å². The van der Waals surface area contributed by atoms with Gasteiger partial charge >= 0.3 is 23.9 Å². The largest absolute Gasteiger partial charge is 0.463 e. The lowest BCUT2D eigenvalue weighted by Crippen LogP contribution is -2.06. The van der Waals surface area contributed by atoms with E-state index in [-0.39, 0.29) is 0 Å². The number of ether oxygens (including phenoxy) is 4. The summed E-state index contributed by atoms with van der Waals surface area (Å²) in [5, 5.41) is 0. The van der Waals surface area contributed by atoms with Crippen molar-refractivity contribution in [3.05, 3.63) is 24.3 Å². The van der Waals surface area contributed by atoms with Gasteiger partial charge in [-0.3, -0.25) is 0 Å². The van der Waals surface area contributed by atoms with Crippen molar-refractivity contribution in [2.75, 3.05) is 26.4 Å². The van der Waals surface area contributed by atoms with E-state index in [0.717, 1.165) is 127 Å². The number of cyclic esters (lactones) is 4. The molecule has 40 heavy (non-hydrogen) atoms. The molecule has 0 fully saturated rings. The Bertz CT molecular complexity index is 621. The molecule has 0 atom stereocenters. The monoisotopic (exact) mass is 564 g/mol. The first-order chi connectivity index (χ1) is 19.6. The van der Waals surface area contributed by atoms with E-state index < -0.39 is 23.9 Å². The molecule has 228 valence electrons. The molecule has 0 bridgehead atoms. The van der Waals surface area contributed by atoms with Gasteiger partial charge in [0.2, 0.25) is 0 Å². The Labute approximate surface area is 241 Å². The summed E-state index contributed by atoms with van der Waals surface area (Å²) in [5.74, 6) is -2.02. The Morgan fingerprint density at radius 2 is 0.425 bits per heavy atom. The molecule has 1 rings (SSSR count). The molecule has 0 N–H and O–H groups in total. The molecule has 0 aromatic heterocycles. The van der Waals surface area contributed by atoms with Gasteiger partial charge in [-0.2, -0.15) is 0 Å². The van der Waals surface area contributed by atoms with Gasteiger partial charge in [0.05, 0.1) is 26.4 Å². The topological polar surface area (TPSA) is 105 Å². The van der Waals surface area contributed by atoms with Crippen molar-refractivity contribution in [1.29, 1.82) is 0 Å². The normalized spacial score (nSPS) is 21.4. The lowest BCUT2D eigenvalue weighted by molar-refractivity contribution is -0.140. The van der Waals surface area contributed by atoms with Crippen LogP contribution in [-0.4, -0.2) is 50.3 Å². The Balaban J connectivity index is 2.27. The summed E-state index contributed by atoms with van der Waals surface area (Å²) in [5.41, 5.74) is 0. The van der Waals surface area contributed by atoms with Crippen LogP contribution in [0.3, 0.4) is 0 Å². The van der Waals surface area contributed by atoms with Crippen molar-refractivity contribution in [2.45, 2.75) is 128 Å². The van der Waals surface area contributed by atoms with E-state index in [1.165, 1.54) is 25.7 Å². The van der Waals surface area contributed by atoms with Gasteiger partial charge in [-0.05, 0) is 25.7 Å². The maximum Gasteiger partial charge on any atom is 0.331 e. The molecule has 0 spiro atoms. The highest BCUT2D eigenvalue weighted by molar-refractivity contribution is 5.92. The van der Waals surface area contributed by atoms with E-state index in [1.807, 2.05) is 0 Å². The number of carbonyl (C=O) groups is 4. The third kappa shape index (κ3) is 24.4. The van der Waals surface area contributed by atoms with Crippen LogP contribution in [0.1, 0.15) is 128 Å². The van der Waals surface area contributed by atoms with E-state index in [0.29, 0.717) is 26.4 Å². The summed E-state index contributed by atoms with van der Waals surface area (Å²) < 4.78 is 20.6. The second kappa shape index (κ2) is 26.6. The van der Waals surface area contributed by atoms with Crippen LogP contribution in [0.25, 0.3) is 0 Å². The fourth-order valence-corrected chi connectivity index (χ4v) is 4.39. The highest BCUT2D eigenvalue weighted by Crippen LogP contribution is 2.12. The average molecular weight is 565 g/mol. The van der Waals surface area contributed by atoms with E-state index in [9.17, 15) is 19.2 Å². The summed E-state index contributed by atoms with van der Waals surface area (Å²) in [4.78, 5) is 47.0. The van der Waals surface area contributed by atoms with E-state index in [2.05, 4.69) is 0 Å². The van der Waals surface area contributed by atoms with Gasteiger partial charge in [-0.25, -0.2) is 19.2 Å². The number of hydrogen-bond donors (Lipinski definition) is 0. The number of rotatable bonds is 0. The third-order valence-corrected chi connectivity index (χ3v) is 6.77. The van der Waals surface area contributed by atoms with Gasteiger partial charge in [0, 0.05) is 24.3 Å². The lowest BCUT2D eigenvalue weighted by atomic mass is 10.1. The summed E-state index contributed by atoms with van der Waals surface area (Å²) in [6.45, 7) is 1.46. The fraction of sp³-hybridized carbons (Fsp3) is 0.750. The van der Waals surface area contributed by atoms with Crippen LogP contribution in [0.4, 0.5) is 0 Å². The first-order valence-electron chi connectivity index (χ1n) is 15.6. The summed E-state index contributed by atoms with van der Waals surface area (Å²) in [6.07, 6.45) is 25.7. The minimum atomic E-state index is -0.505. The Kier molecular flexibility index (Phi) is 23.5. The highest BCUT2D eigenvalue weighted by atomic mass is 16.5. The van der Waals surface area contributed by atoms with Crippen LogP contribution in [0.15, 0.2) is 24.3 Å². The quantitative estimate of drug-likeness (QED) is 0.227. The molecule has 1 aliphatic heterocycles. The van der Waals surface area contributed by atoms with Crippen LogP contribution in [0.5, 0.6) is 0 Å². The zero-order valence-electron chi connectivity index (χ0n) is 24.5. The molecule has 0 aliphatic carbocycles. The van der Waals surface area contributed by atoms with Crippen molar-refractivity contribution in [2.24, 2.45) is 0 Å². The minimum absolute atomic E-state index is 0.364. The second-order valence-corrected chi connectivity index (χ2v) is 10.4. The van der Waals surface area contributed by atoms with Gasteiger partial charge in [0.25, 0.3) is 0 Å². The SMILES string of the molecule is O=C1C=CC(=O)OCCCCCCCCCCCCOC(=O)C=CC(=O)OCCCCCCCCCCCCO1. The average Bonchev–Trinajstić information content (AvgIpc) is 2.94. The molecular weight excluding hydrogens is 512 g/mol. The van der Waals surface area contributed by atoms with Crippen molar-refractivity contribution >= 4 is 23.9 Å². The molecule has 0 radical (unpaired) electrons.